The minimum atomic E-state index is -3.99. The Morgan fingerprint density at radius 1 is 1.23 bits per heavy atom. The second-order valence-corrected chi connectivity index (χ2v) is 3.21. The predicted molar refractivity (Wildman–Crippen MR) is 43.1 cm³/mol. The highest BCUT2D eigenvalue weighted by Gasteiger charge is 2.63. The van der Waals surface area contributed by atoms with E-state index in [0.717, 1.165) is 4.90 Å². The van der Waals surface area contributed by atoms with Gasteiger partial charge in [0, 0.05) is 7.05 Å². The van der Waals surface area contributed by atoms with Crippen molar-refractivity contribution in [2.45, 2.75) is 11.8 Å². The Kier molecular flexibility index (Phi) is 2.40. The summed E-state index contributed by atoms with van der Waals surface area (Å²) in [6.45, 7) is -2.06. The molecule has 1 rings (SSSR count). The van der Waals surface area contributed by atoms with Crippen LogP contribution in [0.3, 0.4) is 0 Å². The number of nitrogens with one attached hydrogen (secondary N) is 1. The van der Waals surface area contributed by atoms with E-state index < -0.39 is 24.9 Å². The number of hydrogen-bond donors (Lipinski definition) is 1. The normalized spacial score (nSPS) is 24.5. The van der Waals surface area contributed by atoms with Crippen LogP contribution >= 0.6 is 12.2 Å². The summed E-state index contributed by atoms with van der Waals surface area (Å²) in [7, 11) is 1.40. The summed E-state index contributed by atoms with van der Waals surface area (Å²) in [5, 5.41) is 2.29. The van der Waals surface area contributed by atoms with Gasteiger partial charge in [-0.25, -0.2) is 0 Å². The molecule has 1 heterocycles. The van der Waals surface area contributed by atoms with Gasteiger partial charge in [-0.1, -0.05) is 0 Å². The molecule has 7 heteroatoms. The van der Waals surface area contributed by atoms with Gasteiger partial charge in [-0.3, -0.25) is 0 Å². The van der Waals surface area contributed by atoms with Crippen LogP contribution in [0.15, 0.2) is 0 Å². The van der Waals surface area contributed by atoms with Crippen molar-refractivity contribution < 1.29 is 17.6 Å². The molecule has 1 N–H and O–H groups in total. The Hall–Kier alpha value is -0.590. The van der Waals surface area contributed by atoms with Gasteiger partial charge in [0.05, 0.1) is 13.1 Å². The molecule has 0 aromatic carbocycles. The van der Waals surface area contributed by atoms with Gasteiger partial charge in [0.1, 0.15) is 0 Å². The lowest BCUT2D eigenvalue weighted by atomic mass is 10.2. The molecule has 2 nitrogen and oxygen atoms in total. The fourth-order valence-electron chi connectivity index (χ4n) is 1.07. The third-order valence-electron chi connectivity index (χ3n) is 1.82. The van der Waals surface area contributed by atoms with E-state index in [9.17, 15) is 17.6 Å². The fourth-order valence-corrected chi connectivity index (χ4v) is 1.20. The predicted octanol–water partition coefficient (Wildman–Crippen LogP) is 1.08. The molecular formula is C6H8F4N2S. The summed E-state index contributed by atoms with van der Waals surface area (Å²) in [5.41, 5.74) is 0. The molecule has 0 spiro atoms. The standard InChI is InChI=1S/C6H8F4N2S/c1-11-4(13)12-2-5(7,8)6(9,10)3-12/h2-3H2,1H3,(H,11,13). The molecule has 0 aliphatic carbocycles. The quantitative estimate of drug-likeness (QED) is 0.482. The van der Waals surface area contributed by atoms with Gasteiger partial charge in [0.15, 0.2) is 5.11 Å². The molecule has 0 amide bonds. The fraction of sp³-hybridized carbons (Fsp3) is 0.833. The van der Waals surface area contributed by atoms with Gasteiger partial charge in [0.2, 0.25) is 0 Å². The van der Waals surface area contributed by atoms with E-state index in [1.54, 1.807) is 0 Å². The van der Waals surface area contributed by atoms with Crippen molar-refractivity contribution in [1.29, 1.82) is 0 Å². The number of rotatable bonds is 0. The summed E-state index contributed by atoms with van der Waals surface area (Å²) in [4.78, 5) is 0.759. The van der Waals surface area contributed by atoms with Crippen LogP contribution in [0.2, 0.25) is 0 Å². The zero-order valence-corrected chi connectivity index (χ0v) is 7.60. The third kappa shape index (κ3) is 1.70. The Labute approximate surface area is 77.9 Å². The molecule has 13 heavy (non-hydrogen) atoms. The van der Waals surface area contributed by atoms with Crippen molar-refractivity contribution in [3.63, 3.8) is 0 Å². The third-order valence-corrected chi connectivity index (χ3v) is 2.28. The Morgan fingerprint density at radius 2 is 1.62 bits per heavy atom. The van der Waals surface area contributed by atoms with Crippen LogP contribution in [-0.2, 0) is 0 Å². The van der Waals surface area contributed by atoms with Crippen LogP contribution in [0, 0.1) is 0 Å². The molecular weight excluding hydrogens is 208 g/mol. The monoisotopic (exact) mass is 216 g/mol. The molecule has 0 radical (unpaired) electrons. The van der Waals surface area contributed by atoms with Crippen molar-refractivity contribution in [3.05, 3.63) is 0 Å². The average molecular weight is 216 g/mol. The molecule has 0 atom stereocenters. The smallest absolute Gasteiger partial charge is 0.329 e. The van der Waals surface area contributed by atoms with Crippen molar-refractivity contribution in [3.8, 4) is 0 Å². The molecule has 0 aromatic rings. The molecule has 1 aliphatic rings. The number of nitrogens with zero attached hydrogens (tertiary/aromatic N) is 1. The van der Waals surface area contributed by atoms with E-state index >= 15 is 0 Å². The summed E-state index contributed by atoms with van der Waals surface area (Å²) in [5.74, 6) is -7.98. The molecule has 0 saturated carbocycles. The molecule has 0 aromatic heterocycles. The number of halogens is 4. The first-order valence-electron chi connectivity index (χ1n) is 3.52. The summed E-state index contributed by atoms with van der Waals surface area (Å²) in [6.07, 6.45) is 0. The van der Waals surface area contributed by atoms with Gasteiger partial charge in [0.25, 0.3) is 0 Å². The summed E-state index contributed by atoms with van der Waals surface area (Å²) < 4.78 is 50.4. The lowest BCUT2D eigenvalue weighted by molar-refractivity contribution is -0.172. The van der Waals surface area contributed by atoms with Crippen molar-refractivity contribution in [2.75, 3.05) is 20.1 Å². The molecule has 1 fully saturated rings. The van der Waals surface area contributed by atoms with Gasteiger partial charge in [-0.2, -0.15) is 17.6 Å². The summed E-state index contributed by atoms with van der Waals surface area (Å²) >= 11 is 4.57. The van der Waals surface area contributed by atoms with E-state index in [4.69, 9.17) is 0 Å². The Bertz CT molecular complexity index is 215. The number of alkyl halides is 4. The zero-order chi connectivity index (χ0) is 10.3. The first-order valence-corrected chi connectivity index (χ1v) is 3.93. The van der Waals surface area contributed by atoms with E-state index in [2.05, 4.69) is 17.5 Å². The van der Waals surface area contributed by atoms with Gasteiger partial charge in [-0.05, 0) is 12.2 Å². The maximum absolute atomic E-state index is 12.6. The van der Waals surface area contributed by atoms with Gasteiger partial charge >= 0.3 is 11.8 Å². The Morgan fingerprint density at radius 3 is 1.92 bits per heavy atom. The SMILES string of the molecule is CNC(=S)N1CC(F)(F)C(F)(F)C1. The highest BCUT2D eigenvalue weighted by Crippen LogP contribution is 2.40. The maximum Gasteiger partial charge on any atom is 0.329 e. The second-order valence-electron chi connectivity index (χ2n) is 2.82. The topological polar surface area (TPSA) is 15.3 Å². The average Bonchev–Trinajstić information content (AvgIpc) is 2.20. The maximum atomic E-state index is 12.6. The second kappa shape index (κ2) is 2.97. The zero-order valence-electron chi connectivity index (χ0n) is 6.78. The number of thiocarbonyl (C=S) groups is 1. The van der Waals surface area contributed by atoms with Crippen molar-refractivity contribution in [1.82, 2.24) is 10.2 Å². The van der Waals surface area contributed by atoms with Crippen LogP contribution in [0.25, 0.3) is 0 Å². The lowest BCUT2D eigenvalue weighted by Gasteiger charge is -2.16. The molecule has 1 aliphatic heterocycles. The summed E-state index contributed by atoms with van der Waals surface area (Å²) in [6, 6.07) is 0. The van der Waals surface area contributed by atoms with Gasteiger partial charge < -0.3 is 10.2 Å². The van der Waals surface area contributed by atoms with E-state index in [1.807, 2.05) is 0 Å². The Balaban J connectivity index is 2.76. The largest absolute Gasteiger partial charge is 0.366 e. The molecule has 0 unspecified atom stereocenters. The molecule has 0 bridgehead atoms. The van der Waals surface area contributed by atoms with Crippen LogP contribution in [0.1, 0.15) is 0 Å². The van der Waals surface area contributed by atoms with Crippen LogP contribution in [0.4, 0.5) is 17.6 Å². The van der Waals surface area contributed by atoms with Crippen LogP contribution < -0.4 is 5.32 Å². The van der Waals surface area contributed by atoms with E-state index in [-0.39, 0.29) is 5.11 Å². The first-order chi connectivity index (χ1) is 5.80. The van der Waals surface area contributed by atoms with Crippen LogP contribution in [0.5, 0.6) is 0 Å². The highest BCUT2D eigenvalue weighted by atomic mass is 32.1. The van der Waals surface area contributed by atoms with Crippen molar-refractivity contribution >= 4 is 17.3 Å². The van der Waals surface area contributed by atoms with Crippen molar-refractivity contribution in [2.24, 2.45) is 0 Å². The molecule has 76 valence electrons. The highest BCUT2D eigenvalue weighted by molar-refractivity contribution is 7.80. The number of likely N-dealkylation sites (tertiary alicyclic amines) is 1. The lowest BCUT2D eigenvalue weighted by Crippen LogP contribution is -2.38. The number of hydrogen-bond acceptors (Lipinski definition) is 1. The van der Waals surface area contributed by atoms with Crippen LogP contribution in [-0.4, -0.2) is 42.0 Å². The first kappa shape index (κ1) is 10.5. The van der Waals surface area contributed by atoms with E-state index in [0.29, 0.717) is 0 Å². The van der Waals surface area contributed by atoms with E-state index in [1.165, 1.54) is 7.05 Å². The minimum absolute atomic E-state index is 0.0862. The van der Waals surface area contributed by atoms with Gasteiger partial charge in [-0.15, -0.1) is 0 Å². The molecule has 1 saturated heterocycles. The minimum Gasteiger partial charge on any atom is -0.366 e.